The fourth-order valence-corrected chi connectivity index (χ4v) is 2.36. The summed E-state index contributed by atoms with van der Waals surface area (Å²) in [6, 6.07) is 6.46. The smallest absolute Gasteiger partial charge is 0.287 e. The number of hydrogen-bond donors (Lipinski definition) is 0. The molecular formula is C16H26O3. The van der Waals surface area contributed by atoms with Crippen LogP contribution in [0.2, 0.25) is 0 Å². The first-order valence-corrected chi connectivity index (χ1v) is 7.04. The normalized spacial score (nSPS) is 11.8. The van der Waals surface area contributed by atoms with Gasteiger partial charge in [0.05, 0.1) is 6.42 Å². The first kappa shape index (κ1) is 16.2. The maximum atomic E-state index is 5.75. The highest BCUT2D eigenvalue weighted by Gasteiger charge is 2.32. The average molecular weight is 266 g/mol. The Bertz CT molecular complexity index is 350. The van der Waals surface area contributed by atoms with Gasteiger partial charge in [0, 0.05) is 19.8 Å². The molecule has 0 amide bonds. The Balaban J connectivity index is 2.96. The molecule has 0 spiro atoms. The van der Waals surface area contributed by atoms with Crippen LogP contribution in [0.5, 0.6) is 0 Å². The van der Waals surface area contributed by atoms with Gasteiger partial charge >= 0.3 is 0 Å². The summed E-state index contributed by atoms with van der Waals surface area (Å²) in [5.74, 6) is -0.960. The minimum Gasteiger partial charge on any atom is -0.327 e. The second-order valence-corrected chi connectivity index (χ2v) is 4.65. The zero-order valence-electron chi connectivity index (χ0n) is 12.8. The van der Waals surface area contributed by atoms with Gasteiger partial charge in [0.2, 0.25) is 0 Å². The minimum atomic E-state index is -0.960. The summed E-state index contributed by atoms with van der Waals surface area (Å²) < 4.78 is 17.2. The van der Waals surface area contributed by atoms with Crippen molar-refractivity contribution in [2.24, 2.45) is 0 Å². The predicted octanol–water partition coefficient (Wildman–Crippen LogP) is 3.61. The number of rotatable bonds is 8. The van der Waals surface area contributed by atoms with E-state index in [0.717, 1.165) is 0 Å². The van der Waals surface area contributed by atoms with Crippen molar-refractivity contribution in [3.8, 4) is 0 Å². The van der Waals surface area contributed by atoms with Crippen molar-refractivity contribution < 1.29 is 14.2 Å². The van der Waals surface area contributed by atoms with Gasteiger partial charge < -0.3 is 14.2 Å². The largest absolute Gasteiger partial charge is 0.327 e. The van der Waals surface area contributed by atoms with Crippen molar-refractivity contribution in [2.75, 3.05) is 19.8 Å². The number of ether oxygens (including phenoxy) is 3. The van der Waals surface area contributed by atoms with Gasteiger partial charge in [-0.15, -0.1) is 0 Å². The van der Waals surface area contributed by atoms with Gasteiger partial charge in [0.25, 0.3) is 5.97 Å². The monoisotopic (exact) mass is 266 g/mol. The minimum absolute atomic E-state index is 0.560. The number of aryl methyl sites for hydroxylation is 2. The highest BCUT2D eigenvalue weighted by Crippen LogP contribution is 2.23. The molecule has 0 bridgehead atoms. The molecule has 108 valence electrons. The zero-order valence-corrected chi connectivity index (χ0v) is 12.8. The van der Waals surface area contributed by atoms with Crippen molar-refractivity contribution in [1.29, 1.82) is 0 Å². The first-order valence-electron chi connectivity index (χ1n) is 7.04. The molecule has 0 saturated heterocycles. The molecule has 0 aliphatic heterocycles. The standard InChI is InChI=1S/C16H26O3/c1-6-17-16(18-7-2,19-8-3)12-15-10-13(4)9-14(5)11-15/h9-11H,6-8,12H2,1-5H3. The average Bonchev–Trinajstić information content (AvgIpc) is 2.28. The summed E-state index contributed by atoms with van der Waals surface area (Å²) in [4.78, 5) is 0. The van der Waals surface area contributed by atoms with Crippen LogP contribution in [0.15, 0.2) is 18.2 Å². The van der Waals surface area contributed by atoms with Crippen LogP contribution in [0.1, 0.15) is 37.5 Å². The lowest BCUT2D eigenvalue weighted by Crippen LogP contribution is -2.41. The van der Waals surface area contributed by atoms with E-state index in [0.29, 0.717) is 26.2 Å². The molecule has 0 saturated carbocycles. The zero-order chi connectivity index (χ0) is 14.3. The Morgan fingerprint density at radius 1 is 0.789 bits per heavy atom. The summed E-state index contributed by atoms with van der Waals surface area (Å²) in [5.41, 5.74) is 3.66. The predicted molar refractivity (Wildman–Crippen MR) is 77.2 cm³/mol. The molecule has 0 radical (unpaired) electrons. The van der Waals surface area contributed by atoms with Gasteiger partial charge in [-0.1, -0.05) is 29.3 Å². The summed E-state index contributed by atoms with van der Waals surface area (Å²) in [7, 11) is 0. The highest BCUT2D eigenvalue weighted by molar-refractivity contribution is 5.29. The Morgan fingerprint density at radius 3 is 1.58 bits per heavy atom. The maximum absolute atomic E-state index is 5.75. The van der Waals surface area contributed by atoms with Crippen LogP contribution in [0, 0.1) is 13.8 Å². The summed E-state index contributed by atoms with van der Waals surface area (Å²) in [5, 5.41) is 0. The molecule has 3 heteroatoms. The number of hydrogen-bond acceptors (Lipinski definition) is 3. The Kier molecular flexibility index (Phi) is 6.49. The van der Waals surface area contributed by atoms with E-state index in [1.165, 1.54) is 16.7 Å². The molecule has 1 aromatic rings. The Labute approximate surface area is 116 Å². The molecule has 0 N–H and O–H groups in total. The van der Waals surface area contributed by atoms with Crippen LogP contribution in [0.3, 0.4) is 0 Å². The molecule has 0 aromatic heterocycles. The first-order chi connectivity index (χ1) is 9.05. The lowest BCUT2D eigenvalue weighted by molar-refractivity contribution is -0.376. The third-order valence-electron chi connectivity index (χ3n) is 2.79. The third kappa shape index (κ3) is 4.94. The van der Waals surface area contributed by atoms with E-state index in [4.69, 9.17) is 14.2 Å². The van der Waals surface area contributed by atoms with Gasteiger partial charge in [-0.25, -0.2) is 0 Å². The lowest BCUT2D eigenvalue weighted by atomic mass is 10.0. The second kappa shape index (κ2) is 7.63. The van der Waals surface area contributed by atoms with E-state index < -0.39 is 5.97 Å². The summed E-state index contributed by atoms with van der Waals surface area (Å²) in [6.07, 6.45) is 0.602. The topological polar surface area (TPSA) is 27.7 Å². The molecule has 0 fully saturated rings. The van der Waals surface area contributed by atoms with Gasteiger partial charge in [-0.05, 0) is 40.2 Å². The maximum Gasteiger partial charge on any atom is 0.287 e. The van der Waals surface area contributed by atoms with Crippen LogP contribution in [0.25, 0.3) is 0 Å². The van der Waals surface area contributed by atoms with E-state index in [-0.39, 0.29) is 0 Å². The van der Waals surface area contributed by atoms with Gasteiger partial charge in [-0.2, -0.15) is 0 Å². The molecule has 1 aromatic carbocycles. The second-order valence-electron chi connectivity index (χ2n) is 4.65. The van der Waals surface area contributed by atoms with Crippen LogP contribution in [-0.2, 0) is 20.6 Å². The molecule has 1 rings (SSSR count). The summed E-state index contributed by atoms with van der Waals surface area (Å²) in [6.45, 7) is 11.7. The molecule has 19 heavy (non-hydrogen) atoms. The molecule has 0 heterocycles. The molecular weight excluding hydrogens is 240 g/mol. The molecule has 0 unspecified atom stereocenters. The molecule has 0 aliphatic carbocycles. The van der Waals surface area contributed by atoms with Crippen molar-refractivity contribution >= 4 is 0 Å². The van der Waals surface area contributed by atoms with Crippen LogP contribution in [0.4, 0.5) is 0 Å². The third-order valence-corrected chi connectivity index (χ3v) is 2.79. The fraction of sp³-hybridized carbons (Fsp3) is 0.625. The molecule has 0 atom stereocenters. The SMILES string of the molecule is CCOC(Cc1cc(C)cc(C)c1)(OCC)OCC. The molecule has 0 aliphatic rings. The fourth-order valence-electron chi connectivity index (χ4n) is 2.36. The van der Waals surface area contributed by atoms with Crippen molar-refractivity contribution in [1.82, 2.24) is 0 Å². The lowest BCUT2D eigenvalue weighted by Gasteiger charge is -2.32. The van der Waals surface area contributed by atoms with Crippen LogP contribution in [-0.4, -0.2) is 25.8 Å². The quantitative estimate of drug-likeness (QED) is 0.673. The van der Waals surface area contributed by atoms with E-state index in [2.05, 4.69) is 32.0 Å². The summed E-state index contributed by atoms with van der Waals surface area (Å²) >= 11 is 0. The van der Waals surface area contributed by atoms with Gasteiger partial charge in [-0.3, -0.25) is 0 Å². The van der Waals surface area contributed by atoms with E-state index in [1.807, 2.05) is 20.8 Å². The van der Waals surface area contributed by atoms with Crippen LogP contribution < -0.4 is 0 Å². The van der Waals surface area contributed by atoms with Crippen LogP contribution >= 0.6 is 0 Å². The number of benzene rings is 1. The Morgan fingerprint density at radius 2 is 1.21 bits per heavy atom. The van der Waals surface area contributed by atoms with E-state index >= 15 is 0 Å². The van der Waals surface area contributed by atoms with Crippen molar-refractivity contribution in [2.45, 2.75) is 47.0 Å². The highest BCUT2D eigenvalue weighted by atomic mass is 16.9. The van der Waals surface area contributed by atoms with E-state index in [1.54, 1.807) is 0 Å². The molecule has 3 nitrogen and oxygen atoms in total. The van der Waals surface area contributed by atoms with Gasteiger partial charge in [0.1, 0.15) is 0 Å². The van der Waals surface area contributed by atoms with E-state index in [9.17, 15) is 0 Å². The van der Waals surface area contributed by atoms with Gasteiger partial charge in [0.15, 0.2) is 0 Å². The Hall–Kier alpha value is -0.900. The van der Waals surface area contributed by atoms with Crippen molar-refractivity contribution in [3.63, 3.8) is 0 Å². The van der Waals surface area contributed by atoms with Crippen molar-refractivity contribution in [3.05, 3.63) is 34.9 Å².